The van der Waals surface area contributed by atoms with Crippen LogP contribution >= 0.6 is 11.8 Å². The summed E-state index contributed by atoms with van der Waals surface area (Å²) in [5.41, 5.74) is 1.58. The van der Waals surface area contributed by atoms with E-state index in [9.17, 15) is 9.59 Å². The van der Waals surface area contributed by atoms with Crippen molar-refractivity contribution in [2.45, 2.75) is 61.4 Å². The minimum atomic E-state index is -0.164. The van der Waals surface area contributed by atoms with Crippen LogP contribution in [0.4, 0.5) is 5.69 Å². The van der Waals surface area contributed by atoms with Crippen molar-refractivity contribution in [3.8, 4) is 0 Å². The first-order chi connectivity index (χ1) is 15.5. The number of rotatable bonds is 4. The van der Waals surface area contributed by atoms with E-state index in [1.807, 2.05) is 24.3 Å². The van der Waals surface area contributed by atoms with Gasteiger partial charge in [0.25, 0.3) is 5.91 Å². The van der Waals surface area contributed by atoms with Gasteiger partial charge >= 0.3 is 0 Å². The van der Waals surface area contributed by atoms with Crippen LogP contribution in [0.2, 0.25) is 0 Å². The normalized spacial score (nSPS) is 31.0. The molecule has 1 aliphatic heterocycles. The Hall–Kier alpha value is -2.34. The zero-order chi connectivity index (χ0) is 21.9. The Morgan fingerprint density at radius 2 is 1.81 bits per heavy atom. The molecule has 5 nitrogen and oxygen atoms in total. The van der Waals surface area contributed by atoms with Crippen LogP contribution in [0.3, 0.4) is 0 Å². The van der Waals surface area contributed by atoms with Crippen molar-refractivity contribution in [1.29, 1.82) is 0 Å². The summed E-state index contributed by atoms with van der Waals surface area (Å²) in [5, 5.41) is 4.01. The number of hydrogen-bond donors (Lipinski definition) is 1. The van der Waals surface area contributed by atoms with Gasteiger partial charge in [-0.2, -0.15) is 0 Å². The monoisotopic (exact) mass is 447 g/mol. The Labute approximate surface area is 193 Å². The predicted molar refractivity (Wildman–Crippen MR) is 125 cm³/mol. The molecule has 166 valence electrons. The lowest BCUT2D eigenvalue weighted by Crippen LogP contribution is -2.57. The number of anilines is 1. The van der Waals surface area contributed by atoms with Gasteiger partial charge in [-0.1, -0.05) is 23.9 Å². The third-order valence-corrected chi connectivity index (χ3v) is 9.38. The number of para-hydroxylation sites is 1. The van der Waals surface area contributed by atoms with Gasteiger partial charge in [-0.05, 0) is 92.9 Å². The summed E-state index contributed by atoms with van der Waals surface area (Å²) in [4.78, 5) is 33.7. The van der Waals surface area contributed by atoms with Crippen LogP contribution in [-0.2, 0) is 4.79 Å². The van der Waals surface area contributed by atoms with Gasteiger partial charge in [0.1, 0.15) is 11.6 Å². The number of benzene rings is 1. The topological polar surface area (TPSA) is 62.3 Å². The number of pyridine rings is 1. The minimum absolute atomic E-state index is 0.0292. The number of nitrogens with one attached hydrogen (secondary N) is 1. The first kappa shape index (κ1) is 20.3. The molecule has 4 fully saturated rings. The molecule has 1 aromatic carbocycles. The molecule has 32 heavy (non-hydrogen) atoms. The molecule has 2 heterocycles. The lowest BCUT2D eigenvalue weighted by atomic mass is 9.48. The van der Waals surface area contributed by atoms with Crippen LogP contribution < -0.4 is 10.2 Å². The van der Waals surface area contributed by atoms with Crippen LogP contribution in [0.15, 0.2) is 52.5 Å². The van der Waals surface area contributed by atoms with E-state index >= 15 is 0 Å². The number of carbonyl (C=O) groups is 2. The maximum Gasteiger partial charge on any atom is 0.261 e. The van der Waals surface area contributed by atoms with Crippen LogP contribution in [0.25, 0.3) is 0 Å². The average molecular weight is 448 g/mol. The molecule has 4 saturated carbocycles. The van der Waals surface area contributed by atoms with Crippen LogP contribution in [0, 0.1) is 23.2 Å². The first-order valence-corrected chi connectivity index (χ1v) is 12.7. The second kappa shape index (κ2) is 7.62. The Bertz CT molecular complexity index is 1050. The summed E-state index contributed by atoms with van der Waals surface area (Å²) in [6.45, 7) is 2.22. The summed E-state index contributed by atoms with van der Waals surface area (Å²) < 4.78 is 0. The van der Waals surface area contributed by atoms with Crippen molar-refractivity contribution in [1.82, 2.24) is 10.3 Å². The predicted octanol–water partition coefficient (Wildman–Crippen LogP) is 4.91. The number of fused-ring (bicyclic) bond motifs is 2. The highest BCUT2D eigenvalue weighted by Gasteiger charge is 2.53. The molecular weight excluding hydrogens is 418 g/mol. The highest BCUT2D eigenvalue weighted by atomic mass is 32.2. The molecule has 2 aromatic rings. The van der Waals surface area contributed by atoms with E-state index in [4.69, 9.17) is 0 Å². The fraction of sp³-hybridized carbons (Fsp3) is 0.500. The molecule has 0 radical (unpaired) electrons. The SMILES string of the molecule is C[C@H](NC(=O)CN1C(=O)c2cccnc2Sc2ccccc21)C12CC3CC(CC(C3)C1)C2. The lowest BCUT2D eigenvalue weighted by Gasteiger charge is -2.59. The zero-order valence-corrected chi connectivity index (χ0v) is 19.2. The van der Waals surface area contributed by atoms with E-state index in [0.717, 1.165) is 28.3 Å². The van der Waals surface area contributed by atoms with Gasteiger partial charge < -0.3 is 5.32 Å². The third-order valence-electron chi connectivity index (χ3n) is 8.29. The van der Waals surface area contributed by atoms with Crippen molar-refractivity contribution in [3.05, 3.63) is 48.2 Å². The summed E-state index contributed by atoms with van der Waals surface area (Å²) in [6.07, 6.45) is 9.64. The number of amides is 2. The Morgan fingerprint density at radius 3 is 2.53 bits per heavy atom. The largest absolute Gasteiger partial charge is 0.352 e. The van der Waals surface area contributed by atoms with Crippen molar-refractivity contribution >= 4 is 29.3 Å². The maximum atomic E-state index is 13.4. The van der Waals surface area contributed by atoms with Crippen molar-refractivity contribution in [2.24, 2.45) is 23.2 Å². The molecule has 7 rings (SSSR count). The Morgan fingerprint density at radius 1 is 1.12 bits per heavy atom. The lowest BCUT2D eigenvalue weighted by molar-refractivity contribution is -0.124. The van der Waals surface area contributed by atoms with Gasteiger partial charge in [0, 0.05) is 17.1 Å². The quantitative estimate of drug-likeness (QED) is 0.723. The van der Waals surface area contributed by atoms with Gasteiger partial charge in [0.05, 0.1) is 11.3 Å². The number of carbonyl (C=O) groups excluding carboxylic acids is 2. The van der Waals surface area contributed by atoms with Crippen molar-refractivity contribution in [2.75, 3.05) is 11.4 Å². The summed E-state index contributed by atoms with van der Waals surface area (Å²) in [5.74, 6) is 2.30. The van der Waals surface area contributed by atoms with Crippen molar-refractivity contribution in [3.63, 3.8) is 0 Å². The fourth-order valence-corrected chi connectivity index (χ4v) is 8.23. The molecule has 2 amide bonds. The highest BCUT2D eigenvalue weighted by molar-refractivity contribution is 7.99. The van der Waals surface area contributed by atoms with Gasteiger partial charge in [-0.15, -0.1) is 0 Å². The van der Waals surface area contributed by atoms with E-state index in [1.165, 1.54) is 50.3 Å². The minimum Gasteiger partial charge on any atom is -0.352 e. The van der Waals surface area contributed by atoms with E-state index in [2.05, 4.69) is 17.2 Å². The molecule has 0 saturated heterocycles. The molecule has 1 aromatic heterocycles. The Balaban J connectivity index is 1.24. The van der Waals surface area contributed by atoms with Gasteiger partial charge in [0.15, 0.2) is 0 Å². The van der Waals surface area contributed by atoms with Crippen molar-refractivity contribution < 1.29 is 9.59 Å². The summed E-state index contributed by atoms with van der Waals surface area (Å²) in [6, 6.07) is 11.5. The first-order valence-electron chi connectivity index (χ1n) is 11.8. The van der Waals surface area contributed by atoms with E-state index in [-0.39, 0.29) is 29.8 Å². The van der Waals surface area contributed by atoms with Gasteiger partial charge in [-0.3, -0.25) is 14.5 Å². The second-order valence-electron chi connectivity index (χ2n) is 10.4. The fourth-order valence-electron chi connectivity index (χ4n) is 7.21. The molecule has 1 atom stereocenters. The highest BCUT2D eigenvalue weighted by Crippen LogP contribution is 2.61. The van der Waals surface area contributed by atoms with Crippen LogP contribution in [-0.4, -0.2) is 29.4 Å². The summed E-state index contributed by atoms with van der Waals surface area (Å²) in [7, 11) is 0. The van der Waals surface area contributed by atoms with Gasteiger partial charge in [0.2, 0.25) is 5.91 Å². The molecule has 4 bridgehead atoms. The smallest absolute Gasteiger partial charge is 0.261 e. The van der Waals surface area contributed by atoms with Gasteiger partial charge in [-0.25, -0.2) is 4.98 Å². The number of nitrogens with zero attached hydrogens (tertiary/aromatic N) is 2. The second-order valence-corrected chi connectivity index (χ2v) is 11.4. The van der Waals surface area contributed by atoms with E-state index in [0.29, 0.717) is 10.6 Å². The standard InChI is InChI=1S/C26H29N3O2S/c1-16(26-12-17-9-18(13-26)11-19(10-17)14-26)28-23(30)15-29-21-6-2-3-7-22(21)32-24-20(25(29)31)5-4-8-27-24/h2-8,16-19H,9-15H2,1H3,(H,28,30)/t16-,17?,18?,19?,26?/m0/s1. The molecule has 0 unspecified atom stereocenters. The number of hydrogen-bond acceptors (Lipinski definition) is 4. The molecular formula is C26H29N3O2S. The molecule has 6 heteroatoms. The van der Waals surface area contributed by atoms with E-state index < -0.39 is 0 Å². The van der Waals surface area contributed by atoms with E-state index in [1.54, 1.807) is 23.2 Å². The molecule has 4 aliphatic carbocycles. The molecule has 5 aliphatic rings. The third kappa shape index (κ3) is 3.35. The molecule has 0 spiro atoms. The number of aromatic nitrogens is 1. The van der Waals surface area contributed by atoms with Crippen LogP contribution in [0.5, 0.6) is 0 Å². The van der Waals surface area contributed by atoms with Crippen LogP contribution in [0.1, 0.15) is 55.8 Å². The average Bonchev–Trinajstić information content (AvgIpc) is 2.88. The Kier molecular flexibility index (Phi) is 4.83. The maximum absolute atomic E-state index is 13.4. The zero-order valence-electron chi connectivity index (χ0n) is 18.4. The summed E-state index contributed by atoms with van der Waals surface area (Å²) >= 11 is 1.49. The molecule has 1 N–H and O–H groups in total.